The molecule has 0 radical (unpaired) electrons. The Kier molecular flexibility index (Phi) is 3.54. The van der Waals surface area contributed by atoms with Gasteiger partial charge in [0.05, 0.1) is 5.70 Å². The number of nitrogens with one attached hydrogen (secondary N) is 1. The van der Waals surface area contributed by atoms with Crippen LogP contribution in [0.15, 0.2) is 16.5 Å². The van der Waals surface area contributed by atoms with E-state index in [-0.39, 0.29) is 0 Å². The highest BCUT2D eigenvalue weighted by molar-refractivity contribution is 5.29. The fourth-order valence-corrected chi connectivity index (χ4v) is 0.626. The van der Waals surface area contributed by atoms with Crippen molar-refractivity contribution in [1.82, 2.24) is 5.32 Å². The molecule has 58 valence electrons. The predicted molar refractivity (Wildman–Crippen MR) is 44.7 cm³/mol. The normalized spacial score (nSPS) is 12.8. The molecule has 0 aliphatic rings. The maximum atomic E-state index is 5.45. The molecule has 0 fully saturated rings. The third kappa shape index (κ3) is 3.12. The second-order valence-electron chi connectivity index (χ2n) is 2.47. The number of nitrogens with two attached hydrogens (primary N) is 1. The first-order valence-corrected chi connectivity index (χ1v) is 3.27. The van der Waals surface area contributed by atoms with Crippen LogP contribution in [0.4, 0.5) is 0 Å². The van der Waals surface area contributed by atoms with Crippen molar-refractivity contribution in [2.24, 2.45) is 10.7 Å². The van der Waals surface area contributed by atoms with E-state index in [1.54, 1.807) is 0 Å². The van der Waals surface area contributed by atoms with E-state index >= 15 is 0 Å². The van der Waals surface area contributed by atoms with Crippen LogP contribution in [0.1, 0.15) is 20.8 Å². The molecular formula is C7H15N3. The van der Waals surface area contributed by atoms with Gasteiger partial charge < -0.3 is 11.1 Å². The average Bonchev–Trinajstić information content (AvgIpc) is 1.85. The van der Waals surface area contributed by atoms with E-state index in [9.17, 15) is 0 Å². The summed E-state index contributed by atoms with van der Waals surface area (Å²) in [5.41, 5.74) is 6.33. The number of rotatable bonds is 3. The Bertz CT molecular complexity index is 147. The van der Waals surface area contributed by atoms with Crippen molar-refractivity contribution >= 4 is 6.72 Å². The maximum Gasteiger partial charge on any atom is 0.141 e. The van der Waals surface area contributed by atoms with E-state index < -0.39 is 0 Å². The topological polar surface area (TPSA) is 50.4 Å². The van der Waals surface area contributed by atoms with Gasteiger partial charge in [-0.1, -0.05) is 0 Å². The number of hydrogen-bond acceptors (Lipinski definition) is 3. The van der Waals surface area contributed by atoms with Crippen molar-refractivity contribution < 1.29 is 0 Å². The smallest absolute Gasteiger partial charge is 0.141 e. The monoisotopic (exact) mass is 141 g/mol. The first-order chi connectivity index (χ1) is 4.57. The van der Waals surface area contributed by atoms with Gasteiger partial charge in [0.25, 0.3) is 0 Å². The molecule has 0 saturated carbocycles. The molecule has 0 aromatic carbocycles. The summed E-state index contributed by atoms with van der Waals surface area (Å²) >= 11 is 0. The van der Waals surface area contributed by atoms with Crippen LogP contribution in [-0.2, 0) is 0 Å². The molecule has 0 aromatic heterocycles. The van der Waals surface area contributed by atoms with Crippen molar-refractivity contribution in [3.05, 3.63) is 11.5 Å². The van der Waals surface area contributed by atoms with E-state index in [0.29, 0.717) is 11.9 Å². The van der Waals surface area contributed by atoms with Crippen LogP contribution in [0.3, 0.4) is 0 Å². The van der Waals surface area contributed by atoms with Gasteiger partial charge in [-0.15, -0.1) is 0 Å². The van der Waals surface area contributed by atoms with Gasteiger partial charge in [0, 0.05) is 6.04 Å². The third-order valence-electron chi connectivity index (χ3n) is 1.06. The minimum absolute atomic E-state index is 0.389. The minimum atomic E-state index is 0.389. The summed E-state index contributed by atoms with van der Waals surface area (Å²) in [6.45, 7) is 9.28. The van der Waals surface area contributed by atoms with Crippen molar-refractivity contribution in [2.45, 2.75) is 26.8 Å². The molecule has 3 N–H and O–H groups in total. The van der Waals surface area contributed by atoms with Gasteiger partial charge in [0.1, 0.15) is 5.82 Å². The molecule has 0 bridgehead atoms. The summed E-state index contributed by atoms with van der Waals surface area (Å²) in [4.78, 5) is 3.59. The van der Waals surface area contributed by atoms with Crippen molar-refractivity contribution in [1.29, 1.82) is 0 Å². The molecule has 0 atom stereocenters. The zero-order valence-corrected chi connectivity index (χ0v) is 6.81. The van der Waals surface area contributed by atoms with E-state index in [4.69, 9.17) is 5.73 Å². The molecule has 0 heterocycles. The Morgan fingerprint density at radius 2 is 2.10 bits per heavy atom. The quantitative estimate of drug-likeness (QED) is 0.572. The highest BCUT2D eigenvalue weighted by Crippen LogP contribution is 1.94. The van der Waals surface area contributed by atoms with Crippen LogP contribution in [-0.4, -0.2) is 12.8 Å². The van der Waals surface area contributed by atoms with Crippen LogP contribution in [0.2, 0.25) is 0 Å². The standard InChI is InChI=1S/C7H15N3/c1-5(2)10-6(3)7(8)9-4/h5,10H,4,8H2,1-3H3/b7-6+. The number of hydrogen-bond donors (Lipinski definition) is 2. The Labute approximate surface area is 62.0 Å². The van der Waals surface area contributed by atoms with E-state index in [0.717, 1.165) is 5.70 Å². The molecular weight excluding hydrogens is 126 g/mol. The zero-order valence-electron chi connectivity index (χ0n) is 6.81. The molecule has 0 aromatic rings. The molecule has 0 rings (SSSR count). The maximum absolute atomic E-state index is 5.45. The molecule has 0 spiro atoms. The van der Waals surface area contributed by atoms with Gasteiger partial charge in [-0.2, -0.15) is 0 Å². The number of nitrogens with zero attached hydrogens (tertiary/aromatic N) is 1. The molecule has 0 aliphatic heterocycles. The minimum Gasteiger partial charge on any atom is -0.383 e. The van der Waals surface area contributed by atoms with Gasteiger partial charge in [0.15, 0.2) is 0 Å². The largest absolute Gasteiger partial charge is 0.383 e. The summed E-state index contributed by atoms with van der Waals surface area (Å²) in [7, 11) is 0. The molecule has 0 unspecified atom stereocenters. The molecule has 0 amide bonds. The van der Waals surface area contributed by atoms with Gasteiger partial charge in [0.2, 0.25) is 0 Å². The van der Waals surface area contributed by atoms with Crippen LogP contribution < -0.4 is 11.1 Å². The lowest BCUT2D eigenvalue weighted by molar-refractivity contribution is 0.661. The van der Waals surface area contributed by atoms with Gasteiger partial charge in [-0.25, -0.2) is 4.99 Å². The lowest BCUT2D eigenvalue weighted by Crippen LogP contribution is -2.22. The Morgan fingerprint density at radius 1 is 1.60 bits per heavy atom. The highest BCUT2D eigenvalue weighted by atomic mass is 15.0. The predicted octanol–water partition coefficient (Wildman–Crippen LogP) is 0.833. The van der Waals surface area contributed by atoms with Crippen molar-refractivity contribution in [3.63, 3.8) is 0 Å². The highest BCUT2D eigenvalue weighted by Gasteiger charge is 1.95. The summed E-state index contributed by atoms with van der Waals surface area (Å²) in [5.74, 6) is 0.466. The first-order valence-electron chi connectivity index (χ1n) is 3.27. The Balaban J connectivity index is 4.04. The summed E-state index contributed by atoms with van der Waals surface area (Å²) in [5, 5.41) is 3.11. The van der Waals surface area contributed by atoms with Gasteiger partial charge in [-0.3, -0.25) is 0 Å². The fraction of sp³-hybridized carbons (Fsp3) is 0.571. The fourth-order valence-electron chi connectivity index (χ4n) is 0.626. The number of allylic oxidation sites excluding steroid dienone is 1. The molecule has 0 saturated heterocycles. The molecule has 3 nitrogen and oxygen atoms in total. The van der Waals surface area contributed by atoms with Crippen molar-refractivity contribution in [2.75, 3.05) is 0 Å². The first kappa shape index (κ1) is 9.01. The zero-order chi connectivity index (χ0) is 8.15. The second-order valence-corrected chi connectivity index (χ2v) is 2.47. The Hall–Kier alpha value is -0.990. The van der Waals surface area contributed by atoms with Gasteiger partial charge in [-0.05, 0) is 27.5 Å². The van der Waals surface area contributed by atoms with Crippen molar-refractivity contribution in [3.8, 4) is 0 Å². The van der Waals surface area contributed by atoms with Gasteiger partial charge >= 0.3 is 0 Å². The average molecular weight is 141 g/mol. The van der Waals surface area contributed by atoms with Crippen LogP contribution in [0, 0.1) is 0 Å². The SMILES string of the molecule is C=N/C(N)=C(\C)NC(C)C. The molecule has 3 heteroatoms. The van der Waals surface area contributed by atoms with E-state index in [1.807, 2.05) is 20.8 Å². The van der Waals surface area contributed by atoms with Crippen LogP contribution >= 0.6 is 0 Å². The lowest BCUT2D eigenvalue weighted by atomic mass is 10.3. The summed E-state index contributed by atoms with van der Waals surface area (Å²) in [6, 6.07) is 0.389. The second kappa shape index (κ2) is 3.93. The van der Waals surface area contributed by atoms with Crippen LogP contribution in [0.5, 0.6) is 0 Å². The summed E-state index contributed by atoms with van der Waals surface area (Å²) in [6.07, 6.45) is 0. The number of aliphatic imine (C=N–C) groups is 1. The van der Waals surface area contributed by atoms with E-state index in [2.05, 4.69) is 17.0 Å². The van der Waals surface area contributed by atoms with E-state index in [1.165, 1.54) is 0 Å². The summed E-state index contributed by atoms with van der Waals surface area (Å²) < 4.78 is 0. The molecule has 0 aliphatic carbocycles. The Morgan fingerprint density at radius 3 is 2.40 bits per heavy atom. The third-order valence-corrected chi connectivity index (χ3v) is 1.06. The van der Waals surface area contributed by atoms with Crippen LogP contribution in [0.25, 0.3) is 0 Å². The lowest BCUT2D eigenvalue weighted by Gasteiger charge is -2.10. The molecule has 10 heavy (non-hydrogen) atoms.